The molecule has 1 aromatic heterocycles. The SMILES string of the molecule is COc1cccc(S(C)(=O)=NC(=O)c2cncc(C#Cc3cccc(Cl)c3)c2)c1. The number of methoxy groups -OCH3 is 1. The van der Waals surface area contributed by atoms with Gasteiger partial charge < -0.3 is 4.74 Å². The molecule has 3 aromatic rings. The fourth-order valence-electron chi connectivity index (χ4n) is 2.44. The number of carbonyl (C=O) groups excluding carboxylic acids is 1. The highest BCUT2D eigenvalue weighted by atomic mass is 35.5. The van der Waals surface area contributed by atoms with Crippen LogP contribution in [0.4, 0.5) is 0 Å². The summed E-state index contributed by atoms with van der Waals surface area (Å²) in [5, 5.41) is 0.591. The topological polar surface area (TPSA) is 68.6 Å². The minimum Gasteiger partial charge on any atom is -0.497 e. The maximum atomic E-state index is 13.0. The Morgan fingerprint density at radius 2 is 1.83 bits per heavy atom. The highest BCUT2D eigenvalue weighted by Gasteiger charge is 2.13. The number of ether oxygens (including phenoxy) is 1. The summed E-state index contributed by atoms with van der Waals surface area (Å²) in [6.45, 7) is 0. The zero-order valence-electron chi connectivity index (χ0n) is 15.8. The van der Waals surface area contributed by atoms with Crippen molar-refractivity contribution in [2.45, 2.75) is 4.90 Å². The van der Waals surface area contributed by atoms with Crippen molar-refractivity contribution >= 4 is 27.2 Å². The molecule has 3 rings (SSSR count). The van der Waals surface area contributed by atoms with E-state index >= 15 is 0 Å². The second kappa shape index (κ2) is 8.91. The lowest BCUT2D eigenvalue weighted by Crippen LogP contribution is -2.05. The first-order chi connectivity index (χ1) is 13.9. The Labute approximate surface area is 174 Å². The average Bonchev–Trinajstić information content (AvgIpc) is 2.72. The van der Waals surface area contributed by atoms with E-state index in [0.717, 1.165) is 5.56 Å². The van der Waals surface area contributed by atoms with Crippen LogP contribution in [0.5, 0.6) is 5.75 Å². The van der Waals surface area contributed by atoms with Gasteiger partial charge in [0.2, 0.25) is 0 Å². The molecule has 2 aromatic carbocycles. The zero-order valence-corrected chi connectivity index (χ0v) is 17.3. The molecular weight excluding hydrogens is 408 g/mol. The van der Waals surface area contributed by atoms with E-state index in [1.807, 2.05) is 6.07 Å². The largest absolute Gasteiger partial charge is 0.497 e. The van der Waals surface area contributed by atoms with Crippen LogP contribution in [0.2, 0.25) is 5.02 Å². The molecule has 0 saturated carbocycles. The van der Waals surface area contributed by atoms with Crippen LogP contribution >= 0.6 is 11.6 Å². The third-order valence-electron chi connectivity index (χ3n) is 3.90. The minimum absolute atomic E-state index is 0.209. The van der Waals surface area contributed by atoms with Crippen LogP contribution in [-0.2, 0) is 9.73 Å². The number of benzene rings is 2. The van der Waals surface area contributed by atoms with Crippen molar-refractivity contribution in [1.82, 2.24) is 4.98 Å². The van der Waals surface area contributed by atoms with E-state index in [2.05, 4.69) is 21.2 Å². The second-order valence-corrected chi connectivity index (χ2v) is 8.80. The molecule has 146 valence electrons. The van der Waals surface area contributed by atoms with E-state index < -0.39 is 15.6 Å². The highest BCUT2D eigenvalue weighted by molar-refractivity contribution is 7.93. The van der Waals surface area contributed by atoms with E-state index in [4.69, 9.17) is 16.3 Å². The van der Waals surface area contributed by atoms with Gasteiger partial charge in [-0.2, -0.15) is 4.36 Å². The smallest absolute Gasteiger partial charge is 0.286 e. The summed E-state index contributed by atoms with van der Waals surface area (Å²) in [5.41, 5.74) is 1.49. The fraction of sp³-hybridized carbons (Fsp3) is 0.0909. The Bertz CT molecular complexity index is 1250. The molecule has 0 fully saturated rings. The molecular formula is C22H17ClN2O3S. The third kappa shape index (κ3) is 5.44. The number of aromatic nitrogens is 1. The lowest BCUT2D eigenvalue weighted by atomic mass is 10.1. The normalized spacial score (nSPS) is 12.2. The van der Waals surface area contributed by atoms with E-state index in [-0.39, 0.29) is 5.56 Å². The zero-order chi connectivity index (χ0) is 20.9. The summed E-state index contributed by atoms with van der Waals surface area (Å²) >= 11 is 5.95. The van der Waals surface area contributed by atoms with Crippen LogP contribution in [0, 0.1) is 11.8 Å². The lowest BCUT2D eigenvalue weighted by molar-refractivity contribution is 0.100. The Balaban J connectivity index is 1.89. The van der Waals surface area contributed by atoms with E-state index in [1.165, 1.54) is 19.6 Å². The fourth-order valence-corrected chi connectivity index (χ4v) is 3.82. The first-order valence-electron chi connectivity index (χ1n) is 8.50. The molecule has 0 spiro atoms. The predicted molar refractivity (Wildman–Crippen MR) is 114 cm³/mol. The maximum Gasteiger partial charge on any atom is 0.286 e. The Hall–Kier alpha value is -3.14. The minimum atomic E-state index is -2.95. The van der Waals surface area contributed by atoms with Gasteiger partial charge in [0.05, 0.1) is 27.3 Å². The molecule has 0 aliphatic heterocycles. The molecule has 0 N–H and O–H groups in total. The van der Waals surface area contributed by atoms with E-state index in [9.17, 15) is 9.00 Å². The van der Waals surface area contributed by atoms with Gasteiger partial charge in [0.15, 0.2) is 0 Å². The van der Waals surface area contributed by atoms with Crippen LogP contribution in [0.25, 0.3) is 0 Å². The summed E-state index contributed by atoms with van der Waals surface area (Å²) in [7, 11) is -1.43. The van der Waals surface area contributed by atoms with Gasteiger partial charge >= 0.3 is 0 Å². The number of rotatable bonds is 3. The molecule has 0 bridgehead atoms. The van der Waals surface area contributed by atoms with Gasteiger partial charge in [-0.3, -0.25) is 9.78 Å². The number of amides is 1. The number of hydrogen-bond donors (Lipinski definition) is 0. The first-order valence-corrected chi connectivity index (χ1v) is 10.8. The summed E-state index contributed by atoms with van der Waals surface area (Å²) in [4.78, 5) is 17.0. The van der Waals surface area contributed by atoms with E-state index in [1.54, 1.807) is 54.7 Å². The summed E-state index contributed by atoms with van der Waals surface area (Å²) < 4.78 is 22.0. The standard InChI is InChI=1S/C22H17ClN2O3S/c1-28-20-7-4-8-21(13-20)29(2,27)25-22(26)18-11-17(14-24-15-18)10-9-16-5-3-6-19(23)12-16/h3-8,11-15H,1-2H3. The number of nitrogens with zero attached hydrogens (tertiary/aromatic N) is 2. The average molecular weight is 425 g/mol. The molecule has 5 nitrogen and oxygen atoms in total. The highest BCUT2D eigenvalue weighted by Crippen LogP contribution is 2.19. The maximum absolute atomic E-state index is 13.0. The molecule has 1 amide bonds. The predicted octanol–water partition coefficient (Wildman–Crippen LogP) is 4.44. The quantitative estimate of drug-likeness (QED) is 0.583. The van der Waals surface area contributed by atoms with E-state index in [0.29, 0.717) is 21.2 Å². The first kappa shape index (κ1) is 20.6. The van der Waals surface area contributed by atoms with Crippen LogP contribution in [0.3, 0.4) is 0 Å². The van der Waals surface area contributed by atoms with Gasteiger partial charge in [0.25, 0.3) is 5.91 Å². The number of carbonyl (C=O) groups is 1. The lowest BCUT2D eigenvalue weighted by Gasteiger charge is -2.06. The van der Waals surface area contributed by atoms with Crippen molar-refractivity contribution in [3.05, 3.63) is 88.7 Å². The van der Waals surface area contributed by atoms with Gasteiger partial charge in [-0.05, 0) is 42.5 Å². The number of pyridine rings is 1. The molecule has 29 heavy (non-hydrogen) atoms. The molecule has 1 heterocycles. The van der Waals surface area contributed by atoms with Gasteiger partial charge in [-0.1, -0.05) is 35.6 Å². The monoisotopic (exact) mass is 424 g/mol. The van der Waals surface area contributed by atoms with Crippen molar-refractivity contribution in [3.63, 3.8) is 0 Å². The van der Waals surface area contributed by atoms with Crippen LogP contribution in [0.15, 0.2) is 76.2 Å². The van der Waals surface area contributed by atoms with Crippen molar-refractivity contribution in [3.8, 4) is 17.6 Å². The Kier molecular flexibility index (Phi) is 6.32. The molecule has 0 saturated heterocycles. The summed E-state index contributed by atoms with van der Waals surface area (Å²) in [5.74, 6) is 5.82. The van der Waals surface area contributed by atoms with Crippen molar-refractivity contribution in [2.75, 3.05) is 13.4 Å². The van der Waals surface area contributed by atoms with Crippen molar-refractivity contribution in [1.29, 1.82) is 0 Å². The Morgan fingerprint density at radius 1 is 1.07 bits per heavy atom. The van der Waals surface area contributed by atoms with Crippen LogP contribution < -0.4 is 4.74 Å². The molecule has 0 aliphatic carbocycles. The molecule has 0 aliphatic rings. The van der Waals surface area contributed by atoms with Crippen LogP contribution in [-0.4, -0.2) is 28.5 Å². The van der Waals surface area contributed by atoms with Gasteiger partial charge in [-0.25, -0.2) is 4.21 Å². The molecule has 7 heteroatoms. The van der Waals surface area contributed by atoms with Crippen LogP contribution in [0.1, 0.15) is 21.5 Å². The second-order valence-electron chi connectivity index (χ2n) is 6.10. The number of hydrogen-bond acceptors (Lipinski definition) is 4. The van der Waals surface area contributed by atoms with Gasteiger partial charge in [0, 0.05) is 34.8 Å². The number of halogens is 1. The van der Waals surface area contributed by atoms with Crippen molar-refractivity contribution < 1.29 is 13.7 Å². The van der Waals surface area contributed by atoms with Gasteiger partial charge in [0.1, 0.15) is 5.75 Å². The Morgan fingerprint density at radius 3 is 2.59 bits per heavy atom. The molecule has 0 radical (unpaired) electrons. The summed E-state index contributed by atoms with van der Waals surface area (Å²) in [6.07, 6.45) is 4.33. The summed E-state index contributed by atoms with van der Waals surface area (Å²) in [6, 6.07) is 15.4. The van der Waals surface area contributed by atoms with Gasteiger partial charge in [-0.15, -0.1) is 0 Å². The molecule has 1 unspecified atom stereocenters. The molecule has 1 atom stereocenters. The third-order valence-corrected chi connectivity index (χ3v) is 5.77. The van der Waals surface area contributed by atoms with Crippen molar-refractivity contribution in [2.24, 2.45) is 4.36 Å².